The summed E-state index contributed by atoms with van der Waals surface area (Å²) in [5.41, 5.74) is 2.60. The zero-order chi connectivity index (χ0) is 13.1. The third-order valence-corrected chi connectivity index (χ3v) is 2.89. The largest absolute Gasteiger partial charge is 0.478 e. The van der Waals surface area contributed by atoms with Gasteiger partial charge in [0.1, 0.15) is 5.82 Å². The summed E-state index contributed by atoms with van der Waals surface area (Å²) in [6.07, 6.45) is 0.730. The van der Waals surface area contributed by atoms with Gasteiger partial charge in [0.05, 0.1) is 5.56 Å². The second-order valence-electron chi connectivity index (χ2n) is 4.01. The summed E-state index contributed by atoms with van der Waals surface area (Å²) in [6, 6.07) is 11.1. The Kier molecular flexibility index (Phi) is 3.42. The summed E-state index contributed by atoms with van der Waals surface area (Å²) in [7, 11) is 0. The Balaban J connectivity index is 2.67. The first-order valence-corrected chi connectivity index (χ1v) is 5.74. The molecule has 2 rings (SSSR count). The second kappa shape index (κ2) is 5.00. The van der Waals surface area contributed by atoms with Crippen LogP contribution >= 0.6 is 0 Å². The molecule has 0 aromatic heterocycles. The average molecular weight is 244 g/mol. The van der Waals surface area contributed by atoms with Crippen LogP contribution in [0.5, 0.6) is 0 Å². The van der Waals surface area contributed by atoms with Gasteiger partial charge in [-0.3, -0.25) is 0 Å². The Labute approximate surface area is 105 Å². The summed E-state index contributed by atoms with van der Waals surface area (Å²) in [4.78, 5) is 11.3. The van der Waals surface area contributed by atoms with Gasteiger partial charge >= 0.3 is 5.97 Å². The molecule has 2 aromatic rings. The van der Waals surface area contributed by atoms with E-state index in [1.165, 1.54) is 12.1 Å². The lowest BCUT2D eigenvalue weighted by molar-refractivity contribution is 0.0697. The quantitative estimate of drug-likeness (QED) is 0.892. The van der Waals surface area contributed by atoms with Crippen LogP contribution in [0.2, 0.25) is 0 Å². The number of aryl methyl sites for hydroxylation is 1. The minimum absolute atomic E-state index is 0.251. The van der Waals surface area contributed by atoms with Gasteiger partial charge < -0.3 is 5.11 Å². The molecule has 0 unspecified atom stereocenters. The lowest BCUT2D eigenvalue weighted by Crippen LogP contribution is -2.02. The number of benzene rings is 2. The molecule has 1 N–H and O–H groups in total. The molecule has 0 bridgehead atoms. The molecule has 0 aliphatic carbocycles. The van der Waals surface area contributed by atoms with E-state index < -0.39 is 5.97 Å². The van der Waals surface area contributed by atoms with Crippen LogP contribution in [-0.4, -0.2) is 11.1 Å². The van der Waals surface area contributed by atoms with Crippen molar-refractivity contribution in [2.45, 2.75) is 13.3 Å². The third-order valence-electron chi connectivity index (χ3n) is 2.89. The number of halogens is 1. The van der Waals surface area contributed by atoms with Crippen LogP contribution < -0.4 is 0 Å². The summed E-state index contributed by atoms with van der Waals surface area (Å²) in [5.74, 6) is -1.30. The van der Waals surface area contributed by atoms with Crippen LogP contribution in [0.3, 0.4) is 0 Å². The predicted molar refractivity (Wildman–Crippen MR) is 68.2 cm³/mol. The smallest absolute Gasteiger partial charge is 0.336 e. The molecule has 0 radical (unpaired) electrons. The van der Waals surface area contributed by atoms with Gasteiger partial charge in [0.25, 0.3) is 0 Å². The minimum atomic E-state index is -0.968. The predicted octanol–water partition coefficient (Wildman–Crippen LogP) is 3.75. The van der Waals surface area contributed by atoms with E-state index in [0.29, 0.717) is 5.56 Å². The van der Waals surface area contributed by atoms with Crippen LogP contribution in [0, 0.1) is 5.82 Å². The number of hydrogen-bond donors (Lipinski definition) is 1. The van der Waals surface area contributed by atoms with Gasteiger partial charge in [0, 0.05) is 0 Å². The molecule has 3 heteroatoms. The molecular weight excluding hydrogens is 231 g/mol. The van der Waals surface area contributed by atoms with Crippen molar-refractivity contribution in [2.24, 2.45) is 0 Å². The molecule has 0 saturated carbocycles. The van der Waals surface area contributed by atoms with Crippen molar-refractivity contribution in [3.8, 4) is 11.1 Å². The maximum absolute atomic E-state index is 12.9. The highest BCUT2D eigenvalue weighted by atomic mass is 19.1. The Bertz CT molecular complexity index is 574. The second-order valence-corrected chi connectivity index (χ2v) is 4.01. The number of carbonyl (C=O) groups is 1. The molecule has 92 valence electrons. The lowest BCUT2D eigenvalue weighted by Gasteiger charge is -2.11. The molecule has 0 saturated heterocycles. The van der Waals surface area contributed by atoms with Crippen LogP contribution in [-0.2, 0) is 6.42 Å². The van der Waals surface area contributed by atoms with Crippen molar-refractivity contribution in [3.63, 3.8) is 0 Å². The first-order chi connectivity index (χ1) is 8.63. The van der Waals surface area contributed by atoms with E-state index in [1.54, 1.807) is 24.3 Å². The molecule has 2 aromatic carbocycles. The van der Waals surface area contributed by atoms with E-state index in [9.17, 15) is 14.3 Å². The highest BCUT2D eigenvalue weighted by molar-refractivity contribution is 5.97. The fourth-order valence-electron chi connectivity index (χ4n) is 2.03. The fourth-order valence-corrected chi connectivity index (χ4v) is 2.03. The molecular formula is C15H13FO2. The van der Waals surface area contributed by atoms with Crippen molar-refractivity contribution in [2.75, 3.05) is 0 Å². The molecule has 18 heavy (non-hydrogen) atoms. The molecule has 0 aliphatic heterocycles. The maximum atomic E-state index is 12.9. The highest BCUT2D eigenvalue weighted by Gasteiger charge is 2.14. The normalized spacial score (nSPS) is 10.3. The molecule has 0 amide bonds. The van der Waals surface area contributed by atoms with Crippen molar-refractivity contribution in [3.05, 3.63) is 59.4 Å². The zero-order valence-electron chi connectivity index (χ0n) is 9.98. The molecule has 0 spiro atoms. The van der Waals surface area contributed by atoms with Crippen LogP contribution in [0.1, 0.15) is 22.8 Å². The van der Waals surface area contributed by atoms with Crippen molar-refractivity contribution in [1.29, 1.82) is 0 Å². The number of carboxylic acid groups (broad SMARTS) is 1. The van der Waals surface area contributed by atoms with Crippen molar-refractivity contribution < 1.29 is 14.3 Å². The van der Waals surface area contributed by atoms with Crippen molar-refractivity contribution in [1.82, 2.24) is 0 Å². The third kappa shape index (κ3) is 2.25. The van der Waals surface area contributed by atoms with Crippen LogP contribution in [0.25, 0.3) is 11.1 Å². The Morgan fingerprint density at radius 1 is 1.17 bits per heavy atom. The standard InChI is InChI=1S/C15H13FO2/c1-2-10-4-3-5-13(15(17)18)14(10)11-6-8-12(16)9-7-11/h3-9H,2H2,1H3,(H,17,18). The fraction of sp³-hybridized carbons (Fsp3) is 0.133. The topological polar surface area (TPSA) is 37.3 Å². The number of aromatic carboxylic acids is 1. The molecule has 0 heterocycles. The number of rotatable bonds is 3. The van der Waals surface area contributed by atoms with E-state index in [0.717, 1.165) is 17.5 Å². The summed E-state index contributed by atoms with van der Waals surface area (Å²) in [5, 5.41) is 9.23. The first kappa shape index (κ1) is 12.3. The minimum Gasteiger partial charge on any atom is -0.478 e. The first-order valence-electron chi connectivity index (χ1n) is 5.74. The van der Waals surface area contributed by atoms with Gasteiger partial charge in [-0.25, -0.2) is 9.18 Å². The van der Waals surface area contributed by atoms with Crippen LogP contribution in [0.4, 0.5) is 4.39 Å². The molecule has 0 atom stereocenters. The van der Waals surface area contributed by atoms with Gasteiger partial charge in [-0.05, 0) is 41.3 Å². The van der Waals surface area contributed by atoms with Gasteiger partial charge in [0.15, 0.2) is 0 Å². The van der Waals surface area contributed by atoms with Gasteiger partial charge in [0.2, 0.25) is 0 Å². The van der Waals surface area contributed by atoms with Gasteiger partial charge in [-0.15, -0.1) is 0 Å². The van der Waals surface area contributed by atoms with E-state index in [2.05, 4.69) is 0 Å². The number of hydrogen-bond acceptors (Lipinski definition) is 1. The molecule has 2 nitrogen and oxygen atoms in total. The lowest BCUT2D eigenvalue weighted by atomic mass is 9.93. The SMILES string of the molecule is CCc1cccc(C(=O)O)c1-c1ccc(F)cc1. The van der Waals surface area contributed by atoms with E-state index in [1.807, 2.05) is 13.0 Å². The Morgan fingerprint density at radius 2 is 1.83 bits per heavy atom. The summed E-state index contributed by atoms with van der Waals surface area (Å²) < 4.78 is 12.9. The monoisotopic (exact) mass is 244 g/mol. The zero-order valence-corrected chi connectivity index (χ0v) is 9.98. The molecule has 0 fully saturated rings. The van der Waals surface area contributed by atoms with E-state index >= 15 is 0 Å². The average Bonchev–Trinajstić information content (AvgIpc) is 2.38. The Morgan fingerprint density at radius 3 is 2.39 bits per heavy atom. The number of carboxylic acids is 1. The van der Waals surface area contributed by atoms with E-state index in [-0.39, 0.29) is 11.4 Å². The summed E-state index contributed by atoms with van der Waals surface area (Å²) in [6.45, 7) is 1.97. The van der Waals surface area contributed by atoms with Crippen molar-refractivity contribution >= 4 is 5.97 Å². The van der Waals surface area contributed by atoms with Gasteiger partial charge in [-0.2, -0.15) is 0 Å². The van der Waals surface area contributed by atoms with Crippen LogP contribution in [0.15, 0.2) is 42.5 Å². The summed E-state index contributed by atoms with van der Waals surface area (Å²) >= 11 is 0. The Hall–Kier alpha value is -2.16. The maximum Gasteiger partial charge on any atom is 0.336 e. The van der Waals surface area contributed by atoms with Gasteiger partial charge in [-0.1, -0.05) is 31.2 Å². The highest BCUT2D eigenvalue weighted by Crippen LogP contribution is 2.28. The van der Waals surface area contributed by atoms with E-state index in [4.69, 9.17) is 0 Å². The molecule has 0 aliphatic rings.